The molecule has 0 radical (unpaired) electrons. The van der Waals surface area contributed by atoms with Gasteiger partial charge in [-0.1, -0.05) is 0 Å². The van der Waals surface area contributed by atoms with Crippen LogP contribution in [0.25, 0.3) is 0 Å². The van der Waals surface area contributed by atoms with Gasteiger partial charge in [-0.05, 0) is 31.2 Å². The molecule has 1 fully saturated rings. The van der Waals surface area contributed by atoms with Crippen molar-refractivity contribution in [2.75, 3.05) is 6.61 Å². The van der Waals surface area contributed by atoms with E-state index in [9.17, 15) is 24.9 Å². The van der Waals surface area contributed by atoms with Gasteiger partial charge in [0.2, 0.25) is 12.2 Å². The van der Waals surface area contributed by atoms with Crippen molar-refractivity contribution >= 4 is 11.7 Å². The van der Waals surface area contributed by atoms with Gasteiger partial charge in [0, 0.05) is 12.5 Å². The number of rotatable bonds is 5. The van der Waals surface area contributed by atoms with E-state index in [0.717, 1.165) is 0 Å². The Morgan fingerprint density at radius 3 is 2.29 bits per heavy atom. The van der Waals surface area contributed by atoms with E-state index in [-0.39, 0.29) is 5.78 Å². The highest BCUT2D eigenvalue weighted by molar-refractivity contribution is 5.94. The molecule has 0 aliphatic carbocycles. The SMILES string of the molecule is CC(=O)N[C@@H]1[C@@H](Oc2ccc(C(C)=O)cc2)O[C@H](CO)[C@H](O)[C@@H]1O. The predicted molar refractivity (Wildman–Crippen MR) is 82.4 cm³/mol. The Morgan fingerprint density at radius 1 is 1.17 bits per heavy atom. The van der Waals surface area contributed by atoms with Crippen molar-refractivity contribution in [2.24, 2.45) is 0 Å². The number of ketones is 1. The molecule has 8 heteroatoms. The first-order chi connectivity index (χ1) is 11.3. The van der Waals surface area contributed by atoms with E-state index < -0.39 is 43.2 Å². The van der Waals surface area contributed by atoms with Gasteiger partial charge in [-0.25, -0.2) is 0 Å². The normalized spacial score (nSPS) is 29.8. The van der Waals surface area contributed by atoms with Crippen LogP contribution >= 0.6 is 0 Å². The summed E-state index contributed by atoms with van der Waals surface area (Å²) < 4.78 is 11.1. The summed E-state index contributed by atoms with van der Waals surface area (Å²) >= 11 is 0. The lowest BCUT2D eigenvalue weighted by atomic mass is 9.97. The lowest BCUT2D eigenvalue weighted by Gasteiger charge is -2.42. The molecular formula is C16H21NO7. The molecule has 1 aliphatic heterocycles. The summed E-state index contributed by atoms with van der Waals surface area (Å²) in [4.78, 5) is 22.6. The quantitative estimate of drug-likeness (QED) is 0.518. The fourth-order valence-corrected chi connectivity index (χ4v) is 2.47. The summed E-state index contributed by atoms with van der Waals surface area (Å²) in [5, 5.41) is 31.8. The van der Waals surface area contributed by atoms with Gasteiger partial charge in [0.15, 0.2) is 5.78 Å². The number of carbonyl (C=O) groups is 2. The number of hydrogen-bond acceptors (Lipinski definition) is 7. The average molecular weight is 339 g/mol. The summed E-state index contributed by atoms with van der Waals surface area (Å²) in [6.07, 6.45) is -4.91. The monoisotopic (exact) mass is 339 g/mol. The van der Waals surface area contributed by atoms with Crippen LogP contribution in [0.2, 0.25) is 0 Å². The molecular weight excluding hydrogens is 318 g/mol. The minimum absolute atomic E-state index is 0.0921. The lowest BCUT2D eigenvalue weighted by molar-refractivity contribution is -0.244. The second kappa shape index (κ2) is 7.71. The second-order valence-corrected chi connectivity index (χ2v) is 5.63. The molecule has 8 nitrogen and oxygen atoms in total. The van der Waals surface area contributed by atoms with Crippen LogP contribution < -0.4 is 10.1 Å². The van der Waals surface area contributed by atoms with E-state index in [1.807, 2.05) is 0 Å². The first kappa shape index (κ1) is 18.3. The zero-order chi connectivity index (χ0) is 17.9. The van der Waals surface area contributed by atoms with Crippen LogP contribution in [0.1, 0.15) is 24.2 Å². The molecule has 1 amide bonds. The molecule has 132 valence electrons. The third kappa shape index (κ3) is 4.09. The molecule has 0 spiro atoms. The van der Waals surface area contributed by atoms with Crippen LogP contribution in [0.5, 0.6) is 5.75 Å². The number of amides is 1. The molecule has 1 aromatic carbocycles. The van der Waals surface area contributed by atoms with E-state index in [1.165, 1.54) is 13.8 Å². The third-order valence-electron chi connectivity index (χ3n) is 3.76. The first-order valence-electron chi connectivity index (χ1n) is 7.50. The highest BCUT2D eigenvalue weighted by atomic mass is 16.7. The molecule has 5 atom stereocenters. The number of Topliss-reactive ketones (excluding diaryl/α,β-unsaturated/α-hetero) is 1. The van der Waals surface area contributed by atoms with Crippen molar-refractivity contribution < 1.29 is 34.4 Å². The molecule has 2 rings (SSSR count). The molecule has 0 saturated carbocycles. The van der Waals surface area contributed by atoms with Gasteiger partial charge in [0.25, 0.3) is 0 Å². The Kier molecular flexibility index (Phi) is 5.89. The fourth-order valence-electron chi connectivity index (χ4n) is 2.47. The van der Waals surface area contributed by atoms with Crippen LogP contribution in [-0.2, 0) is 9.53 Å². The summed E-state index contributed by atoms with van der Waals surface area (Å²) in [5.74, 6) is -0.177. The number of nitrogens with one attached hydrogen (secondary N) is 1. The van der Waals surface area contributed by atoms with Gasteiger partial charge in [0.05, 0.1) is 6.61 Å². The molecule has 0 aromatic heterocycles. The van der Waals surface area contributed by atoms with Gasteiger partial charge in [-0.2, -0.15) is 0 Å². The highest BCUT2D eigenvalue weighted by Crippen LogP contribution is 2.24. The topological polar surface area (TPSA) is 125 Å². The van der Waals surface area contributed by atoms with E-state index >= 15 is 0 Å². The third-order valence-corrected chi connectivity index (χ3v) is 3.76. The van der Waals surface area contributed by atoms with E-state index in [1.54, 1.807) is 24.3 Å². The van der Waals surface area contributed by atoms with Crippen LogP contribution in [0.4, 0.5) is 0 Å². The number of carbonyl (C=O) groups excluding carboxylic acids is 2. The molecule has 0 unspecified atom stereocenters. The van der Waals surface area contributed by atoms with Crippen LogP contribution in [0, 0.1) is 0 Å². The Hall–Kier alpha value is -2.00. The number of aliphatic hydroxyl groups is 3. The summed E-state index contributed by atoms with van der Waals surface area (Å²) in [6, 6.07) is 5.23. The molecule has 1 aromatic rings. The Balaban J connectivity index is 2.19. The maximum absolute atomic E-state index is 11.3. The minimum atomic E-state index is -1.37. The van der Waals surface area contributed by atoms with E-state index in [2.05, 4.69) is 5.32 Å². The maximum Gasteiger partial charge on any atom is 0.223 e. The second-order valence-electron chi connectivity index (χ2n) is 5.63. The van der Waals surface area contributed by atoms with Crippen molar-refractivity contribution in [2.45, 2.75) is 44.5 Å². The molecule has 24 heavy (non-hydrogen) atoms. The Morgan fingerprint density at radius 2 is 1.79 bits per heavy atom. The van der Waals surface area contributed by atoms with Crippen molar-refractivity contribution in [3.05, 3.63) is 29.8 Å². The van der Waals surface area contributed by atoms with Gasteiger partial charge < -0.3 is 30.1 Å². The van der Waals surface area contributed by atoms with Gasteiger partial charge >= 0.3 is 0 Å². The van der Waals surface area contributed by atoms with Crippen molar-refractivity contribution in [1.29, 1.82) is 0 Å². The fraction of sp³-hybridized carbons (Fsp3) is 0.500. The highest BCUT2D eigenvalue weighted by Gasteiger charge is 2.46. The van der Waals surface area contributed by atoms with Gasteiger partial charge in [0.1, 0.15) is 30.1 Å². The molecule has 1 heterocycles. The summed E-state index contributed by atoms with van der Waals surface area (Å²) in [7, 11) is 0. The molecule has 1 saturated heterocycles. The average Bonchev–Trinajstić information content (AvgIpc) is 2.54. The van der Waals surface area contributed by atoms with Crippen molar-refractivity contribution in [1.82, 2.24) is 5.32 Å². The number of benzene rings is 1. The summed E-state index contributed by atoms with van der Waals surface area (Å²) in [5.41, 5.74) is 0.508. The van der Waals surface area contributed by atoms with Crippen LogP contribution in [0.15, 0.2) is 24.3 Å². The maximum atomic E-state index is 11.3. The predicted octanol–water partition coefficient (Wildman–Crippen LogP) is -0.788. The summed E-state index contributed by atoms with van der Waals surface area (Å²) in [6.45, 7) is 2.18. The Bertz CT molecular complexity index is 589. The molecule has 1 aliphatic rings. The van der Waals surface area contributed by atoms with E-state index in [4.69, 9.17) is 9.47 Å². The lowest BCUT2D eigenvalue weighted by Crippen LogP contribution is -2.65. The van der Waals surface area contributed by atoms with Gasteiger partial charge in [-0.15, -0.1) is 0 Å². The Labute approximate surface area is 139 Å². The standard InChI is InChI=1S/C16H21NO7/c1-8(19)10-3-5-11(6-4-10)23-16-13(17-9(2)20)15(22)14(21)12(7-18)24-16/h3-6,12-16,18,21-22H,7H2,1-2H3,(H,17,20)/t12-,13+,14+,15-,16+/m1/s1. The van der Waals surface area contributed by atoms with Crippen LogP contribution in [0.3, 0.4) is 0 Å². The number of ether oxygens (including phenoxy) is 2. The number of aliphatic hydroxyl groups excluding tert-OH is 3. The smallest absolute Gasteiger partial charge is 0.223 e. The van der Waals surface area contributed by atoms with E-state index in [0.29, 0.717) is 11.3 Å². The van der Waals surface area contributed by atoms with Crippen LogP contribution in [-0.4, -0.2) is 64.3 Å². The zero-order valence-corrected chi connectivity index (χ0v) is 13.4. The van der Waals surface area contributed by atoms with Crippen molar-refractivity contribution in [3.8, 4) is 5.75 Å². The first-order valence-corrected chi connectivity index (χ1v) is 7.50. The van der Waals surface area contributed by atoms with Crippen molar-refractivity contribution in [3.63, 3.8) is 0 Å². The largest absolute Gasteiger partial charge is 0.463 e. The minimum Gasteiger partial charge on any atom is -0.463 e. The molecule has 0 bridgehead atoms. The zero-order valence-electron chi connectivity index (χ0n) is 13.4. The number of hydrogen-bond donors (Lipinski definition) is 4. The molecule has 4 N–H and O–H groups in total. The van der Waals surface area contributed by atoms with Gasteiger partial charge in [-0.3, -0.25) is 9.59 Å².